The summed E-state index contributed by atoms with van der Waals surface area (Å²) in [5.41, 5.74) is 0.967. The van der Waals surface area contributed by atoms with Crippen molar-refractivity contribution in [1.29, 1.82) is 0 Å². The van der Waals surface area contributed by atoms with E-state index in [1.807, 2.05) is 24.1 Å². The van der Waals surface area contributed by atoms with Gasteiger partial charge in [0.15, 0.2) is 5.13 Å². The summed E-state index contributed by atoms with van der Waals surface area (Å²) >= 11 is 1.70. The fraction of sp³-hybridized carbons (Fsp3) is 0.529. The van der Waals surface area contributed by atoms with E-state index in [4.69, 9.17) is 9.72 Å². The number of amides is 2. The highest BCUT2D eigenvalue weighted by Crippen LogP contribution is 2.32. The van der Waals surface area contributed by atoms with Gasteiger partial charge in [-0.3, -0.25) is 0 Å². The lowest BCUT2D eigenvalue weighted by Gasteiger charge is -2.38. The van der Waals surface area contributed by atoms with Crippen molar-refractivity contribution in [1.82, 2.24) is 14.8 Å². The van der Waals surface area contributed by atoms with Crippen LogP contribution in [0.15, 0.2) is 18.2 Å². The first-order chi connectivity index (χ1) is 11.5. The molecule has 130 valence electrons. The molecule has 2 amide bonds. The number of rotatable bonds is 3. The smallest absolute Gasteiger partial charge is 0.319 e. The Morgan fingerprint density at radius 3 is 2.88 bits per heavy atom. The lowest BCUT2D eigenvalue weighted by Crippen LogP contribution is -2.51. The number of carbonyl (C=O) groups excluding carboxylic acids is 1. The first kappa shape index (κ1) is 16.8. The summed E-state index contributed by atoms with van der Waals surface area (Å²) in [4.78, 5) is 22.7. The van der Waals surface area contributed by atoms with Crippen LogP contribution >= 0.6 is 11.3 Å². The van der Waals surface area contributed by atoms with Crippen LogP contribution in [-0.2, 0) is 0 Å². The van der Waals surface area contributed by atoms with E-state index in [2.05, 4.69) is 11.0 Å². The van der Waals surface area contributed by atoms with E-state index < -0.39 is 0 Å². The maximum Gasteiger partial charge on any atom is 0.319 e. The maximum atomic E-state index is 12.2. The fourth-order valence-corrected chi connectivity index (χ4v) is 4.05. The minimum absolute atomic E-state index is 0.0517. The molecule has 1 aromatic carbocycles. The summed E-state index contributed by atoms with van der Waals surface area (Å²) in [5.74, 6) is 0.826. The van der Waals surface area contributed by atoms with Crippen molar-refractivity contribution in [3.05, 3.63) is 18.2 Å². The summed E-state index contributed by atoms with van der Waals surface area (Å²) in [6, 6.07) is 6.26. The normalized spacial score (nSPS) is 17.8. The van der Waals surface area contributed by atoms with E-state index in [0.29, 0.717) is 0 Å². The summed E-state index contributed by atoms with van der Waals surface area (Å²) in [6.07, 6.45) is 2.10. The number of likely N-dealkylation sites (N-methyl/N-ethyl adjacent to an activating group) is 1. The molecule has 7 heteroatoms. The van der Waals surface area contributed by atoms with Crippen LogP contribution < -0.4 is 9.64 Å². The third-order valence-electron chi connectivity index (χ3n) is 4.48. The van der Waals surface area contributed by atoms with Gasteiger partial charge in [0.25, 0.3) is 0 Å². The third kappa shape index (κ3) is 3.26. The van der Waals surface area contributed by atoms with Crippen LogP contribution in [0.3, 0.4) is 0 Å². The molecule has 0 radical (unpaired) electrons. The molecule has 24 heavy (non-hydrogen) atoms. The van der Waals surface area contributed by atoms with Gasteiger partial charge in [-0.05, 0) is 25.0 Å². The van der Waals surface area contributed by atoms with Crippen molar-refractivity contribution in [3.8, 4) is 5.75 Å². The van der Waals surface area contributed by atoms with E-state index in [1.54, 1.807) is 37.4 Å². The van der Waals surface area contributed by atoms with Crippen molar-refractivity contribution in [3.63, 3.8) is 0 Å². The maximum absolute atomic E-state index is 12.2. The molecule has 1 atom stereocenters. The van der Waals surface area contributed by atoms with Gasteiger partial charge in [0.2, 0.25) is 0 Å². The molecule has 3 rings (SSSR count). The molecule has 1 aliphatic rings. The summed E-state index contributed by atoms with van der Waals surface area (Å²) in [6.45, 7) is 1.81. The zero-order valence-corrected chi connectivity index (χ0v) is 15.5. The Hall–Kier alpha value is -2.02. The molecule has 1 saturated heterocycles. The van der Waals surface area contributed by atoms with E-state index in [-0.39, 0.29) is 12.1 Å². The molecule has 1 aromatic heterocycles. The Balaban J connectivity index is 1.78. The van der Waals surface area contributed by atoms with Gasteiger partial charge in [-0.25, -0.2) is 9.78 Å². The molecule has 2 aromatic rings. The number of benzene rings is 1. The van der Waals surface area contributed by atoms with Crippen molar-refractivity contribution >= 4 is 32.7 Å². The second-order valence-electron chi connectivity index (χ2n) is 6.36. The summed E-state index contributed by atoms with van der Waals surface area (Å²) in [7, 11) is 7.14. The van der Waals surface area contributed by atoms with Crippen molar-refractivity contribution in [2.24, 2.45) is 0 Å². The zero-order chi connectivity index (χ0) is 17.3. The molecule has 1 fully saturated rings. The summed E-state index contributed by atoms with van der Waals surface area (Å²) < 4.78 is 6.43. The predicted octanol–water partition coefficient (Wildman–Crippen LogP) is 2.89. The molecule has 0 spiro atoms. The first-order valence-corrected chi connectivity index (χ1v) is 8.95. The molecule has 0 bridgehead atoms. The predicted molar refractivity (Wildman–Crippen MR) is 98.3 cm³/mol. The van der Waals surface area contributed by atoms with E-state index in [1.165, 1.54) is 0 Å². The van der Waals surface area contributed by atoms with Crippen LogP contribution in [0.25, 0.3) is 10.2 Å². The Kier molecular flexibility index (Phi) is 4.80. The number of nitrogens with zero attached hydrogens (tertiary/aromatic N) is 4. The van der Waals surface area contributed by atoms with Gasteiger partial charge in [0.1, 0.15) is 5.75 Å². The van der Waals surface area contributed by atoms with Crippen LogP contribution in [0.5, 0.6) is 5.75 Å². The highest BCUT2D eigenvalue weighted by atomic mass is 32.1. The Morgan fingerprint density at radius 2 is 2.17 bits per heavy atom. The van der Waals surface area contributed by atoms with Gasteiger partial charge in [0, 0.05) is 40.3 Å². The van der Waals surface area contributed by atoms with Crippen LogP contribution in [0.1, 0.15) is 12.8 Å². The monoisotopic (exact) mass is 348 g/mol. The number of hydrogen-bond donors (Lipinski definition) is 0. The third-order valence-corrected chi connectivity index (χ3v) is 5.58. The van der Waals surface area contributed by atoms with Crippen molar-refractivity contribution in [2.75, 3.05) is 46.2 Å². The first-order valence-electron chi connectivity index (χ1n) is 8.13. The Labute approximate surface area is 146 Å². The number of aromatic nitrogens is 1. The number of thiazole rings is 1. The molecule has 0 saturated carbocycles. The standard InChI is InChI=1S/C17H24N4O2S/c1-19(2)17(22)20(3)12-6-5-9-21(11-12)16-18-14-10-13(23-4)7-8-15(14)24-16/h7-8,10,12H,5-6,9,11H2,1-4H3. The van der Waals surface area contributed by atoms with Crippen LogP contribution in [0.4, 0.5) is 9.93 Å². The van der Waals surface area contributed by atoms with Gasteiger partial charge < -0.3 is 19.4 Å². The molecule has 1 aliphatic heterocycles. The van der Waals surface area contributed by atoms with Gasteiger partial charge in [0.05, 0.1) is 23.4 Å². The van der Waals surface area contributed by atoms with Crippen LogP contribution in [-0.4, -0.2) is 68.2 Å². The number of urea groups is 1. The van der Waals surface area contributed by atoms with Crippen LogP contribution in [0.2, 0.25) is 0 Å². The van der Waals surface area contributed by atoms with Gasteiger partial charge in [-0.15, -0.1) is 0 Å². The largest absolute Gasteiger partial charge is 0.497 e. The number of fused-ring (bicyclic) bond motifs is 1. The van der Waals surface area contributed by atoms with Crippen molar-refractivity contribution in [2.45, 2.75) is 18.9 Å². The molecule has 2 heterocycles. The summed E-state index contributed by atoms with van der Waals surface area (Å²) in [5, 5.41) is 1.02. The molecular weight excluding hydrogens is 324 g/mol. The average molecular weight is 348 g/mol. The minimum atomic E-state index is 0.0517. The highest BCUT2D eigenvalue weighted by molar-refractivity contribution is 7.22. The number of ether oxygens (including phenoxy) is 1. The Morgan fingerprint density at radius 1 is 1.38 bits per heavy atom. The Bertz CT molecular complexity index is 730. The van der Waals surface area contributed by atoms with Gasteiger partial charge in [-0.1, -0.05) is 11.3 Å². The lowest BCUT2D eigenvalue weighted by molar-refractivity contribution is 0.157. The van der Waals surface area contributed by atoms with Gasteiger partial charge in [-0.2, -0.15) is 0 Å². The van der Waals surface area contributed by atoms with E-state index in [0.717, 1.165) is 47.0 Å². The second-order valence-corrected chi connectivity index (χ2v) is 7.37. The van der Waals surface area contributed by atoms with Gasteiger partial charge >= 0.3 is 6.03 Å². The van der Waals surface area contributed by atoms with Crippen molar-refractivity contribution < 1.29 is 9.53 Å². The molecule has 0 N–H and O–H groups in total. The topological polar surface area (TPSA) is 48.9 Å². The highest BCUT2D eigenvalue weighted by Gasteiger charge is 2.28. The zero-order valence-electron chi connectivity index (χ0n) is 14.7. The number of piperidine rings is 1. The van der Waals surface area contributed by atoms with E-state index >= 15 is 0 Å². The fourth-order valence-electron chi connectivity index (χ4n) is 3.07. The number of methoxy groups -OCH3 is 1. The SMILES string of the molecule is COc1ccc2sc(N3CCCC(N(C)C(=O)N(C)C)C3)nc2c1. The number of carbonyl (C=O) groups is 1. The minimum Gasteiger partial charge on any atom is -0.497 e. The second kappa shape index (κ2) is 6.84. The lowest BCUT2D eigenvalue weighted by atomic mass is 10.1. The quantitative estimate of drug-likeness (QED) is 0.856. The van der Waals surface area contributed by atoms with Crippen LogP contribution in [0, 0.1) is 0 Å². The number of hydrogen-bond acceptors (Lipinski definition) is 5. The average Bonchev–Trinajstić information content (AvgIpc) is 3.03. The molecular formula is C17H24N4O2S. The molecule has 6 nitrogen and oxygen atoms in total. The van der Waals surface area contributed by atoms with E-state index in [9.17, 15) is 4.79 Å². The molecule has 0 aliphatic carbocycles. The molecule has 1 unspecified atom stereocenters. The number of anilines is 1.